The van der Waals surface area contributed by atoms with Crippen molar-refractivity contribution in [2.45, 2.75) is 140 Å². The summed E-state index contributed by atoms with van der Waals surface area (Å²) >= 11 is 12.6. The molecule has 1 atom stereocenters. The number of rotatable bonds is 18. The highest BCUT2D eigenvalue weighted by Crippen LogP contribution is 2.28. The summed E-state index contributed by atoms with van der Waals surface area (Å²) in [6, 6.07) is 9.49. The van der Waals surface area contributed by atoms with Crippen molar-refractivity contribution in [1.82, 2.24) is 50.0 Å². The third-order valence-corrected chi connectivity index (χ3v) is 14.1. The normalized spacial score (nSPS) is 18.7. The summed E-state index contributed by atoms with van der Waals surface area (Å²) in [6.45, 7) is 8.33. The summed E-state index contributed by atoms with van der Waals surface area (Å²) < 4.78 is 16.8. The topological polar surface area (TPSA) is 241 Å². The van der Waals surface area contributed by atoms with Crippen LogP contribution >= 0.6 is 23.2 Å². The molecule has 7 N–H and O–H groups in total. The number of carbonyl (C=O) groups is 2. The Morgan fingerprint density at radius 3 is 1.59 bits per heavy atom. The molecule has 21 heteroatoms. The Labute approximate surface area is 411 Å². The van der Waals surface area contributed by atoms with Crippen molar-refractivity contribution < 1.29 is 34.4 Å². The highest BCUT2D eigenvalue weighted by atomic mass is 35.5. The van der Waals surface area contributed by atoms with Gasteiger partial charge in [0.25, 0.3) is 11.8 Å². The molecule has 8 rings (SSSR count). The van der Waals surface area contributed by atoms with Gasteiger partial charge in [0.2, 0.25) is 0 Å². The standard InChI is InChI=1S/C24H34ClN5O5.C24H34ClN5O4/c1-16-28-30(23(33)29(16)13-18(31)14-35-19-11-26-12-19)17-6-7-21(25)20(10-17)22(32)27-15-24(34)8-4-2-3-5-9-24;1-17-28-30(23(32)29(17)11-6-12-34-19-14-26-15-19)18-7-8-21(25)20(13-18)22(31)27-16-24(33)9-4-2-3-5-10-24/h6-7,10,18-19,26,31,34H,2-5,8-9,11-15H2,1H3,(H,27,32);7-8,13,19,26,33H,2-6,9-12,14-16H2,1H3,(H,27,31). The number of hydrogen-bond acceptors (Lipinski definition) is 13. The number of carbonyl (C=O) groups excluding carboxylic acids is 2. The molecule has 0 spiro atoms. The highest BCUT2D eigenvalue weighted by molar-refractivity contribution is 6.34. The number of ether oxygens (including phenoxy) is 2. The molecule has 2 saturated heterocycles. The van der Waals surface area contributed by atoms with Gasteiger partial charge in [-0.05, 0) is 82.3 Å². The summed E-state index contributed by atoms with van der Waals surface area (Å²) in [5, 5.41) is 53.1. The van der Waals surface area contributed by atoms with E-state index in [0.29, 0.717) is 68.3 Å². The van der Waals surface area contributed by atoms with E-state index in [1.54, 1.807) is 48.7 Å². The van der Waals surface area contributed by atoms with Crippen LogP contribution in [-0.4, -0.2) is 138 Å². The van der Waals surface area contributed by atoms with Crippen LogP contribution in [0.4, 0.5) is 0 Å². The summed E-state index contributed by atoms with van der Waals surface area (Å²) in [6.07, 6.45) is 11.1. The molecule has 2 aliphatic carbocycles. The van der Waals surface area contributed by atoms with Gasteiger partial charge in [-0.2, -0.15) is 19.6 Å². The summed E-state index contributed by atoms with van der Waals surface area (Å²) in [7, 11) is 0. The number of aliphatic hydroxyl groups is 3. The molecule has 2 aromatic heterocycles. The van der Waals surface area contributed by atoms with Crippen molar-refractivity contribution in [3.63, 3.8) is 0 Å². The number of nitrogens with zero attached hydrogens (tertiary/aromatic N) is 6. The lowest BCUT2D eigenvalue weighted by Gasteiger charge is -2.28. The second-order valence-electron chi connectivity index (χ2n) is 19.0. The first kappa shape index (κ1) is 52.4. The lowest BCUT2D eigenvalue weighted by molar-refractivity contribution is -0.0347. The highest BCUT2D eigenvalue weighted by Gasteiger charge is 2.31. The third-order valence-electron chi connectivity index (χ3n) is 13.5. The van der Waals surface area contributed by atoms with E-state index in [1.807, 2.05) is 0 Å². The third kappa shape index (κ3) is 13.9. The predicted octanol–water partition coefficient (Wildman–Crippen LogP) is 3.35. The number of halogens is 2. The maximum absolute atomic E-state index is 13.0. The Morgan fingerprint density at radius 1 is 0.710 bits per heavy atom. The van der Waals surface area contributed by atoms with Gasteiger partial charge in [-0.25, -0.2) is 9.59 Å². The van der Waals surface area contributed by atoms with Gasteiger partial charge in [0.05, 0.1) is 75.2 Å². The number of hydrogen-bond donors (Lipinski definition) is 7. The predicted molar refractivity (Wildman–Crippen MR) is 261 cm³/mol. The molecule has 2 aromatic carbocycles. The summed E-state index contributed by atoms with van der Waals surface area (Å²) in [5.41, 5.74) is -1.22. The Morgan fingerprint density at radius 2 is 1.14 bits per heavy atom. The number of aliphatic hydroxyl groups excluding tert-OH is 1. The van der Waals surface area contributed by atoms with Gasteiger partial charge in [0, 0.05) is 52.4 Å². The zero-order chi connectivity index (χ0) is 49.1. The molecule has 4 heterocycles. The van der Waals surface area contributed by atoms with Crippen LogP contribution in [0.25, 0.3) is 11.4 Å². The first-order valence-electron chi connectivity index (χ1n) is 24.4. The van der Waals surface area contributed by atoms with Crippen LogP contribution < -0.4 is 32.6 Å². The SMILES string of the molecule is Cc1nn(-c2ccc(Cl)c(C(=O)NCC3(O)CCCCCC3)c2)c(=O)n1CC(O)COC1CNC1.Cc1nn(-c2ccc(Cl)c(C(=O)NCC3(O)CCCCCC3)c2)c(=O)n1CCCOC1CNC1. The molecule has 378 valence electrons. The van der Waals surface area contributed by atoms with Crippen LogP contribution in [0.1, 0.15) is 116 Å². The maximum Gasteiger partial charge on any atom is 0.350 e. The number of aryl methyl sites for hydroxylation is 2. The first-order valence-corrected chi connectivity index (χ1v) is 25.1. The van der Waals surface area contributed by atoms with E-state index in [-0.39, 0.29) is 71.2 Å². The van der Waals surface area contributed by atoms with Crippen molar-refractivity contribution in [3.8, 4) is 11.4 Å². The minimum atomic E-state index is -0.914. The fourth-order valence-electron chi connectivity index (χ4n) is 8.98. The molecule has 0 bridgehead atoms. The lowest BCUT2D eigenvalue weighted by Crippen LogP contribution is -2.49. The average Bonchev–Trinajstić information content (AvgIpc) is 3.50. The Kier molecular flexibility index (Phi) is 18.3. The number of nitrogens with one attached hydrogen (secondary N) is 4. The molecule has 19 nitrogen and oxygen atoms in total. The summed E-state index contributed by atoms with van der Waals surface area (Å²) in [5.74, 6) is 0.218. The van der Waals surface area contributed by atoms with Crippen molar-refractivity contribution in [2.75, 3.05) is 52.5 Å². The van der Waals surface area contributed by atoms with E-state index >= 15 is 0 Å². The van der Waals surface area contributed by atoms with Crippen molar-refractivity contribution in [1.29, 1.82) is 0 Å². The molecule has 1 unspecified atom stereocenters. The van der Waals surface area contributed by atoms with Crippen LogP contribution in [-0.2, 0) is 22.6 Å². The maximum atomic E-state index is 13.0. The Bertz CT molecular complexity index is 2480. The van der Waals surface area contributed by atoms with Crippen molar-refractivity contribution in [3.05, 3.63) is 90.2 Å². The molecule has 4 aliphatic rings. The van der Waals surface area contributed by atoms with Gasteiger partial charge in [-0.15, -0.1) is 0 Å². The quantitative estimate of drug-likeness (QED) is 0.0560. The van der Waals surface area contributed by atoms with E-state index in [2.05, 4.69) is 31.5 Å². The van der Waals surface area contributed by atoms with E-state index in [4.69, 9.17) is 32.7 Å². The van der Waals surface area contributed by atoms with Crippen LogP contribution in [0.2, 0.25) is 10.0 Å². The molecule has 2 amide bonds. The lowest BCUT2D eigenvalue weighted by atomic mass is 9.94. The molecular formula is C48H68Cl2N10O9. The first-order chi connectivity index (χ1) is 33.1. The van der Waals surface area contributed by atoms with Gasteiger partial charge in [0.1, 0.15) is 11.6 Å². The molecule has 0 radical (unpaired) electrons. The Balaban J connectivity index is 0.000000204. The average molecular weight is 1000 g/mol. The number of aromatic nitrogens is 6. The minimum Gasteiger partial charge on any atom is -0.389 e. The van der Waals surface area contributed by atoms with E-state index in [9.17, 15) is 34.5 Å². The fraction of sp³-hybridized carbons (Fsp3) is 0.625. The molecule has 69 heavy (non-hydrogen) atoms. The van der Waals surface area contributed by atoms with Gasteiger partial charge < -0.3 is 46.1 Å². The molecule has 4 aromatic rings. The van der Waals surface area contributed by atoms with E-state index in [0.717, 1.165) is 77.5 Å². The van der Waals surface area contributed by atoms with Gasteiger partial charge in [0.15, 0.2) is 0 Å². The van der Waals surface area contributed by atoms with E-state index < -0.39 is 28.9 Å². The van der Waals surface area contributed by atoms with Gasteiger partial charge >= 0.3 is 11.4 Å². The van der Waals surface area contributed by atoms with Crippen LogP contribution in [0.15, 0.2) is 46.0 Å². The Hall–Kier alpha value is -4.44. The van der Waals surface area contributed by atoms with Crippen molar-refractivity contribution in [2.24, 2.45) is 0 Å². The zero-order valence-electron chi connectivity index (χ0n) is 39.7. The second-order valence-corrected chi connectivity index (χ2v) is 19.8. The van der Waals surface area contributed by atoms with Crippen molar-refractivity contribution >= 4 is 35.0 Å². The largest absolute Gasteiger partial charge is 0.389 e. The van der Waals surface area contributed by atoms with Gasteiger partial charge in [-0.1, -0.05) is 74.6 Å². The molecule has 2 saturated carbocycles. The number of benzene rings is 2. The minimum absolute atomic E-state index is 0.0460. The van der Waals surface area contributed by atoms with Gasteiger partial charge in [-0.3, -0.25) is 18.7 Å². The van der Waals surface area contributed by atoms with Crippen LogP contribution in [0.3, 0.4) is 0 Å². The molecular weight excluding hydrogens is 931 g/mol. The summed E-state index contributed by atoms with van der Waals surface area (Å²) in [4.78, 5) is 51.8. The monoisotopic (exact) mass is 998 g/mol. The number of amides is 2. The van der Waals surface area contributed by atoms with Crippen LogP contribution in [0.5, 0.6) is 0 Å². The molecule has 2 aliphatic heterocycles. The second kappa shape index (κ2) is 24.1. The fourth-order valence-corrected chi connectivity index (χ4v) is 9.39. The smallest absolute Gasteiger partial charge is 0.350 e. The zero-order valence-corrected chi connectivity index (χ0v) is 41.2. The molecule has 4 fully saturated rings. The van der Waals surface area contributed by atoms with E-state index in [1.165, 1.54) is 20.0 Å². The van der Waals surface area contributed by atoms with Crippen LogP contribution in [0, 0.1) is 13.8 Å².